The number of carboxylic acids is 2. The Morgan fingerprint density at radius 1 is 1.29 bits per heavy atom. The van der Waals surface area contributed by atoms with Crippen LogP contribution in [-0.2, 0) is 9.59 Å². The van der Waals surface area contributed by atoms with Crippen molar-refractivity contribution in [3.63, 3.8) is 0 Å². The second kappa shape index (κ2) is 7.50. The van der Waals surface area contributed by atoms with Crippen molar-refractivity contribution in [3.05, 3.63) is 41.0 Å². The average Bonchev–Trinajstić information content (AvgIpc) is 2.52. The van der Waals surface area contributed by atoms with Gasteiger partial charge in [0.25, 0.3) is 0 Å². The van der Waals surface area contributed by atoms with E-state index >= 15 is 0 Å². The van der Waals surface area contributed by atoms with Gasteiger partial charge in [-0.25, -0.2) is 9.59 Å². The fourth-order valence-electron chi connectivity index (χ4n) is 2.37. The van der Waals surface area contributed by atoms with Crippen molar-refractivity contribution in [2.75, 3.05) is 5.75 Å². The Balaban J connectivity index is 2.11. The van der Waals surface area contributed by atoms with Crippen LogP contribution in [0.4, 0.5) is 0 Å². The molecule has 1 aliphatic rings. The maximum atomic E-state index is 11.1. The predicted molar refractivity (Wildman–Crippen MR) is 88.9 cm³/mol. The predicted octanol–water partition coefficient (Wildman–Crippen LogP) is 1.14. The lowest BCUT2D eigenvalue weighted by molar-refractivity contribution is -0.140. The summed E-state index contributed by atoms with van der Waals surface area (Å²) in [5.74, 6) is -2.60. The third-order valence-corrected chi connectivity index (χ3v) is 4.89. The van der Waals surface area contributed by atoms with Crippen LogP contribution in [0, 0.1) is 0 Å². The molecule has 0 aliphatic heterocycles. The molecule has 0 unspecified atom stereocenters. The molecule has 128 valence electrons. The first-order valence-corrected chi connectivity index (χ1v) is 8.19. The highest BCUT2D eigenvalue weighted by atomic mass is 32.2. The molecule has 1 aliphatic carbocycles. The molecular weight excluding hydrogens is 334 g/mol. The van der Waals surface area contributed by atoms with Gasteiger partial charge in [0.1, 0.15) is 6.04 Å². The Kier molecular flexibility index (Phi) is 5.63. The number of carbonyl (C=O) groups excluding carboxylic acids is 1. The molecule has 0 saturated carbocycles. The molecule has 8 heteroatoms. The normalized spacial score (nSPS) is 20.1. The Morgan fingerprint density at radius 2 is 2.00 bits per heavy atom. The Hall–Kier alpha value is -2.32. The van der Waals surface area contributed by atoms with Crippen molar-refractivity contribution in [1.29, 1.82) is 0 Å². The third-order valence-electron chi connectivity index (χ3n) is 3.56. The van der Waals surface area contributed by atoms with E-state index in [2.05, 4.69) is 5.32 Å². The summed E-state index contributed by atoms with van der Waals surface area (Å²) in [5, 5.41) is 30.5. The number of benzene rings is 1. The zero-order valence-electron chi connectivity index (χ0n) is 12.8. The molecule has 0 bridgehead atoms. The van der Waals surface area contributed by atoms with E-state index in [1.54, 1.807) is 18.2 Å². The summed E-state index contributed by atoms with van der Waals surface area (Å²) in [6, 6.07) is 3.45. The van der Waals surface area contributed by atoms with Crippen molar-refractivity contribution < 1.29 is 29.7 Å². The fraction of sp³-hybridized carbons (Fsp3) is 0.312. The average molecular weight is 351 g/mol. The Morgan fingerprint density at radius 3 is 2.58 bits per heavy atom. The Labute approximate surface area is 142 Å². The highest BCUT2D eigenvalue weighted by molar-refractivity contribution is 8.00. The number of amides is 1. The molecular formula is C16H17NO6S. The van der Waals surface area contributed by atoms with Gasteiger partial charge in [-0.1, -0.05) is 18.2 Å². The van der Waals surface area contributed by atoms with E-state index in [1.807, 2.05) is 0 Å². The fourth-order valence-corrected chi connectivity index (χ4v) is 3.53. The smallest absolute Gasteiger partial charge is 0.335 e. The molecule has 24 heavy (non-hydrogen) atoms. The van der Waals surface area contributed by atoms with E-state index in [4.69, 9.17) is 10.2 Å². The molecule has 0 fully saturated rings. The lowest BCUT2D eigenvalue weighted by Crippen LogP contribution is -2.42. The number of hydrogen-bond acceptors (Lipinski definition) is 5. The second-order valence-corrected chi connectivity index (χ2v) is 6.55. The minimum Gasteiger partial charge on any atom is -0.480 e. The minimum atomic E-state index is -1.15. The summed E-state index contributed by atoms with van der Waals surface area (Å²) in [6.45, 7) is 1.24. The zero-order chi connectivity index (χ0) is 17.9. The number of nitrogens with one attached hydrogen (secondary N) is 1. The maximum absolute atomic E-state index is 11.1. The van der Waals surface area contributed by atoms with Crippen LogP contribution in [0.2, 0.25) is 0 Å². The monoisotopic (exact) mass is 351 g/mol. The number of carboxylic acid groups (broad SMARTS) is 2. The van der Waals surface area contributed by atoms with E-state index in [0.29, 0.717) is 5.56 Å². The lowest BCUT2D eigenvalue weighted by atomic mass is 9.93. The molecule has 3 atom stereocenters. The molecule has 1 aromatic rings. The zero-order valence-corrected chi connectivity index (χ0v) is 13.6. The van der Waals surface area contributed by atoms with Gasteiger partial charge >= 0.3 is 11.9 Å². The van der Waals surface area contributed by atoms with Crippen LogP contribution in [0.25, 0.3) is 6.08 Å². The van der Waals surface area contributed by atoms with E-state index in [-0.39, 0.29) is 11.3 Å². The lowest BCUT2D eigenvalue weighted by Gasteiger charge is -2.26. The van der Waals surface area contributed by atoms with E-state index < -0.39 is 35.2 Å². The summed E-state index contributed by atoms with van der Waals surface area (Å²) < 4.78 is 0. The second-order valence-electron chi connectivity index (χ2n) is 5.34. The first kappa shape index (κ1) is 18.0. The standard InChI is InChI=1S/C16H17NO6S/c1-8(18)17-12(16(22)23)7-24-13-5-4-9-2-3-10(15(20)21)6-11(9)14(13)19/h2-6,12-14,19H,7H2,1H3,(H,17,18)(H,20,21)(H,22,23)/t12-,13+,14+/m0/s1. The van der Waals surface area contributed by atoms with Gasteiger partial charge in [0, 0.05) is 12.7 Å². The van der Waals surface area contributed by atoms with Gasteiger partial charge in [-0.15, -0.1) is 11.8 Å². The van der Waals surface area contributed by atoms with E-state index in [1.165, 1.54) is 30.8 Å². The summed E-state index contributed by atoms with van der Waals surface area (Å²) in [7, 11) is 0. The first-order chi connectivity index (χ1) is 11.3. The third kappa shape index (κ3) is 4.15. The molecule has 0 saturated heterocycles. The van der Waals surface area contributed by atoms with Gasteiger partial charge in [-0.05, 0) is 23.3 Å². The van der Waals surface area contributed by atoms with E-state index in [9.17, 15) is 19.5 Å². The van der Waals surface area contributed by atoms with Crippen LogP contribution < -0.4 is 5.32 Å². The van der Waals surface area contributed by atoms with Gasteiger partial charge in [-0.2, -0.15) is 0 Å². The Bertz CT molecular complexity index is 702. The molecule has 0 spiro atoms. The largest absolute Gasteiger partial charge is 0.480 e. The number of aliphatic hydroxyl groups excluding tert-OH is 1. The maximum Gasteiger partial charge on any atom is 0.335 e. The molecule has 0 radical (unpaired) electrons. The number of thioether (sulfide) groups is 1. The molecule has 1 amide bonds. The van der Waals surface area contributed by atoms with Gasteiger partial charge < -0.3 is 20.6 Å². The minimum absolute atomic E-state index is 0.0773. The summed E-state index contributed by atoms with van der Waals surface area (Å²) in [5.41, 5.74) is 1.29. The topological polar surface area (TPSA) is 124 Å². The first-order valence-electron chi connectivity index (χ1n) is 7.14. The summed E-state index contributed by atoms with van der Waals surface area (Å²) >= 11 is 1.18. The van der Waals surface area contributed by atoms with Crippen LogP contribution in [0.3, 0.4) is 0 Å². The quantitative estimate of drug-likeness (QED) is 0.606. The molecule has 0 aromatic heterocycles. The number of rotatable bonds is 6. The highest BCUT2D eigenvalue weighted by Gasteiger charge is 2.28. The number of hydrogen-bond donors (Lipinski definition) is 4. The number of carbonyl (C=O) groups is 3. The van der Waals surface area contributed by atoms with Crippen molar-refractivity contribution >= 4 is 35.7 Å². The molecule has 4 N–H and O–H groups in total. The SMILES string of the molecule is CC(=O)N[C@@H](CS[C@@H]1C=Cc2ccc(C(=O)O)cc2[C@H]1O)C(=O)O. The summed E-state index contributed by atoms with van der Waals surface area (Å²) in [6.07, 6.45) is 2.55. The van der Waals surface area contributed by atoms with Gasteiger partial charge in [0.05, 0.1) is 16.9 Å². The van der Waals surface area contributed by atoms with Gasteiger partial charge in [0.2, 0.25) is 5.91 Å². The number of aliphatic hydroxyl groups is 1. The molecule has 1 aromatic carbocycles. The molecule has 0 heterocycles. The van der Waals surface area contributed by atoms with Crippen molar-refractivity contribution in [3.8, 4) is 0 Å². The van der Waals surface area contributed by atoms with Crippen molar-refractivity contribution in [2.24, 2.45) is 0 Å². The number of fused-ring (bicyclic) bond motifs is 1. The van der Waals surface area contributed by atoms with Crippen molar-refractivity contribution in [1.82, 2.24) is 5.32 Å². The molecule has 2 rings (SSSR count). The van der Waals surface area contributed by atoms with Gasteiger partial charge in [0.15, 0.2) is 0 Å². The number of aliphatic carboxylic acids is 1. The van der Waals surface area contributed by atoms with Crippen LogP contribution in [0.1, 0.15) is 34.5 Å². The highest BCUT2D eigenvalue weighted by Crippen LogP contribution is 2.35. The van der Waals surface area contributed by atoms with E-state index in [0.717, 1.165) is 5.56 Å². The number of aromatic carboxylic acids is 1. The van der Waals surface area contributed by atoms with Gasteiger partial charge in [-0.3, -0.25) is 4.79 Å². The van der Waals surface area contributed by atoms with Crippen LogP contribution >= 0.6 is 11.8 Å². The van der Waals surface area contributed by atoms with Crippen LogP contribution in [0.5, 0.6) is 0 Å². The van der Waals surface area contributed by atoms with Crippen LogP contribution in [-0.4, -0.2) is 50.2 Å². The summed E-state index contributed by atoms with van der Waals surface area (Å²) in [4.78, 5) is 33.2. The molecule has 7 nitrogen and oxygen atoms in total. The van der Waals surface area contributed by atoms with Crippen LogP contribution in [0.15, 0.2) is 24.3 Å². The van der Waals surface area contributed by atoms with Crippen molar-refractivity contribution in [2.45, 2.75) is 24.3 Å².